The molecule has 1 heterocycles. The summed E-state index contributed by atoms with van der Waals surface area (Å²) < 4.78 is 0. The summed E-state index contributed by atoms with van der Waals surface area (Å²) in [7, 11) is 0. The molecule has 3 nitrogen and oxygen atoms in total. The number of aromatic amines is 1. The van der Waals surface area contributed by atoms with Crippen molar-refractivity contribution in [3.63, 3.8) is 0 Å². The van der Waals surface area contributed by atoms with Gasteiger partial charge in [-0.2, -0.15) is 5.26 Å². The van der Waals surface area contributed by atoms with E-state index in [2.05, 4.69) is 16.0 Å². The Labute approximate surface area is 97.1 Å². The highest BCUT2D eigenvalue weighted by molar-refractivity contribution is 5.76. The second-order valence-corrected chi connectivity index (χ2v) is 2.67. The summed E-state index contributed by atoms with van der Waals surface area (Å²) >= 11 is 0. The van der Waals surface area contributed by atoms with Crippen molar-refractivity contribution < 1.29 is 0 Å². The van der Waals surface area contributed by atoms with Crippen molar-refractivity contribution in [2.45, 2.75) is 34.6 Å². The third-order valence-corrected chi connectivity index (χ3v) is 1.73. The van der Waals surface area contributed by atoms with Gasteiger partial charge in [-0.3, -0.25) is 0 Å². The van der Waals surface area contributed by atoms with E-state index in [-0.39, 0.29) is 0 Å². The summed E-state index contributed by atoms with van der Waals surface area (Å²) in [5, 5.41) is 8.62. The van der Waals surface area contributed by atoms with Crippen molar-refractivity contribution in [1.82, 2.24) is 9.97 Å². The van der Waals surface area contributed by atoms with Crippen molar-refractivity contribution >= 4 is 11.0 Å². The van der Waals surface area contributed by atoms with Crippen LogP contribution in [-0.4, -0.2) is 9.97 Å². The molecule has 0 aliphatic heterocycles. The van der Waals surface area contributed by atoms with Crippen LogP contribution in [0.5, 0.6) is 0 Å². The van der Waals surface area contributed by atoms with Gasteiger partial charge in [0, 0.05) is 0 Å². The van der Waals surface area contributed by atoms with E-state index in [9.17, 15) is 0 Å². The smallest absolute Gasteiger partial charge is 0.104 e. The fourth-order valence-corrected chi connectivity index (χ4v) is 1.21. The number of benzene rings is 1. The first-order valence-electron chi connectivity index (χ1n) is 5.66. The molecule has 0 saturated heterocycles. The Balaban J connectivity index is 0.000000509. The van der Waals surface area contributed by atoms with Crippen LogP contribution in [0.3, 0.4) is 0 Å². The summed E-state index contributed by atoms with van der Waals surface area (Å²) in [6.45, 7) is 9.89. The summed E-state index contributed by atoms with van der Waals surface area (Å²) in [5.41, 5.74) is 2.49. The Morgan fingerprint density at radius 3 is 2.38 bits per heavy atom. The quantitative estimate of drug-likeness (QED) is 0.729. The molecule has 2 aromatic rings. The molecular weight excluding hydrogens is 198 g/mol. The second kappa shape index (κ2) is 7.47. The van der Waals surface area contributed by atoms with Crippen LogP contribution in [0.4, 0.5) is 0 Å². The molecule has 3 heteroatoms. The molecule has 0 amide bonds. The van der Waals surface area contributed by atoms with Crippen LogP contribution < -0.4 is 0 Å². The number of rotatable bonds is 0. The third kappa shape index (κ3) is 3.39. The van der Waals surface area contributed by atoms with Gasteiger partial charge >= 0.3 is 0 Å². The molecule has 0 unspecified atom stereocenters. The lowest BCUT2D eigenvalue weighted by molar-refractivity contribution is 1.17. The highest BCUT2D eigenvalue weighted by atomic mass is 14.9. The minimum atomic E-state index is 0.658. The maximum atomic E-state index is 8.62. The number of aryl methyl sites for hydroxylation is 1. The third-order valence-electron chi connectivity index (χ3n) is 1.73. The standard InChI is InChI=1S/C9H7N3.2C2H6/c1-6-11-8-3-2-7(5-10)4-9(8)12-6;2*1-2/h2-4H,1H3,(H,11,12);2*1-2H3. The number of H-pyrrole nitrogens is 1. The number of aromatic nitrogens is 2. The van der Waals surface area contributed by atoms with Crippen LogP contribution in [0.15, 0.2) is 18.2 Å². The Hall–Kier alpha value is -1.82. The maximum absolute atomic E-state index is 8.62. The van der Waals surface area contributed by atoms with Gasteiger partial charge in [0.2, 0.25) is 0 Å². The zero-order valence-corrected chi connectivity index (χ0v) is 10.6. The molecule has 0 radical (unpaired) electrons. The lowest BCUT2D eigenvalue weighted by atomic mass is 10.2. The Morgan fingerprint density at radius 2 is 1.81 bits per heavy atom. The summed E-state index contributed by atoms with van der Waals surface area (Å²) in [6.07, 6.45) is 0. The number of hydrogen-bond acceptors (Lipinski definition) is 2. The van der Waals surface area contributed by atoms with E-state index in [0.717, 1.165) is 16.9 Å². The zero-order valence-electron chi connectivity index (χ0n) is 10.6. The van der Waals surface area contributed by atoms with Crippen molar-refractivity contribution in [2.24, 2.45) is 0 Å². The predicted molar refractivity (Wildman–Crippen MR) is 68.2 cm³/mol. The molecule has 0 atom stereocenters. The van der Waals surface area contributed by atoms with Crippen molar-refractivity contribution in [1.29, 1.82) is 5.26 Å². The fourth-order valence-electron chi connectivity index (χ4n) is 1.21. The Bertz CT molecular complexity index is 463. The van der Waals surface area contributed by atoms with Crippen LogP contribution in [0, 0.1) is 18.3 Å². The monoisotopic (exact) mass is 217 g/mol. The van der Waals surface area contributed by atoms with Gasteiger partial charge < -0.3 is 4.98 Å². The van der Waals surface area contributed by atoms with Gasteiger partial charge in [-0.05, 0) is 25.1 Å². The summed E-state index contributed by atoms with van der Waals surface area (Å²) in [4.78, 5) is 7.29. The SMILES string of the molecule is CC.CC.Cc1nc2ccc(C#N)cc2[nH]1. The van der Waals surface area contributed by atoms with E-state index in [1.165, 1.54) is 0 Å². The van der Waals surface area contributed by atoms with Crippen LogP contribution in [0.1, 0.15) is 39.1 Å². The first kappa shape index (κ1) is 14.2. The van der Waals surface area contributed by atoms with Gasteiger partial charge in [-0.1, -0.05) is 27.7 Å². The van der Waals surface area contributed by atoms with E-state index in [0.29, 0.717) is 5.56 Å². The second-order valence-electron chi connectivity index (χ2n) is 2.67. The van der Waals surface area contributed by atoms with Gasteiger partial charge in [0.25, 0.3) is 0 Å². The van der Waals surface area contributed by atoms with Gasteiger partial charge in [0.1, 0.15) is 5.82 Å². The molecule has 16 heavy (non-hydrogen) atoms. The molecule has 0 aliphatic rings. The average molecular weight is 217 g/mol. The van der Waals surface area contributed by atoms with Crippen LogP contribution in [0.25, 0.3) is 11.0 Å². The normalized spacial score (nSPS) is 8.25. The highest BCUT2D eigenvalue weighted by Crippen LogP contribution is 2.12. The number of nitrogens with one attached hydrogen (secondary N) is 1. The highest BCUT2D eigenvalue weighted by Gasteiger charge is 1.98. The lowest BCUT2D eigenvalue weighted by Crippen LogP contribution is -1.73. The molecule has 0 saturated carbocycles. The zero-order chi connectivity index (χ0) is 12.6. The fraction of sp³-hybridized carbons (Fsp3) is 0.385. The molecular formula is C13H19N3. The van der Waals surface area contributed by atoms with Crippen LogP contribution in [0.2, 0.25) is 0 Å². The first-order chi connectivity index (χ1) is 7.79. The van der Waals surface area contributed by atoms with E-state index in [4.69, 9.17) is 5.26 Å². The first-order valence-corrected chi connectivity index (χ1v) is 5.66. The number of nitrogens with zero attached hydrogens (tertiary/aromatic N) is 2. The summed E-state index contributed by atoms with van der Waals surface area (Å²) in [5.74, 6) is 0.875. The lowest BCUT2D eigenvalue weighted by Gasteiger charge is -1.87. The number of fused-ring (bicyclic) bond motifs is 1. The van der Waals surface area contributed by atoms with Crippen LogP contribution in [-0.2, 0) is 0 Å². The Kier molecular flexibility index (Phi) is 6.62. The molecule has 2 rings (SSSR count). The topological polar surface area (TPSA) is 52.5 Å². The average Bonchev–Trinajstić information content (AvgIpc) is 2.73. The molecule has 1 aromatic heterocycles. The van der Waals surface area contributed by atoms with Crippen molar-refractivity contribution in [3.05, 3.63) is 29.6 Å². The van der Waals surface area contributed by atoms with E-state index in [1.54, 1.807) is 12.1 Å². The van der Waals surface area contributed by atoms with Crippen molar-refractivity contribution in [3.8, 4) is 6.07 Å². The minimum Gasteiger partial charge on any atom is -0.342 e. The molecule has 0 spiro atoms. The van der Waals surface area contributed by atoms with Crippen molar-refractivity contribution in [2.75, 3.05) is 0 Å². The van der Waals surface area contributed by atoms with E-state index in [1.807, 2.05) is 40.7 Å². The molecule has 1 aromatic carbocycles. The summed E-state index contributed by atoms with van der Waals surface area (Å²) in [6, 6.07) is 7.49. The largest absolute Gasteiger partial charge is 0.342 e. The Morgan fingerprint density at radius 1 is 1.19 bits per heavy atom. The van der Waals surface area contributed by atoms with E-state index < -0.39 is 0 Å². The molecule has 0 fully saturated rings. The predicted octanol–water partition coefficient (Wildman–Crippen LogP) is 3.80. The number of hydrogen-bond donors (Lipinski definition) is 1. The van der Waals surface area contributed by atoms with Gasteiger partial charge in [0.05, 0.1) is 22.7 Å². The molecule has 86 valence electrons. The maximum Gasteiger partial charge on any atom is 0.104 e. The van der Waals surface area contributed by atoms with Crippen LogP contribution >= 0.6 is 0 Å². The number of nitriles is 1. The minimum absolute atomic E-state index is 0.658. The molecule has 0 aliphatic carbocycles. The number of imidazole rings is 1. The van der Waals surface area contributed by atoms with E-state index >= 15 is 0 Å². The molecule has 1 N–H and O–H groups in total. The van der Waals surface area contributed by atoms with Gasteiger partial charge in [-0.15, -0.1) is 0 Å². The van der Waals surface area contributed by atoms with Gasteiger partial charge in [-0.25, -0.2) is 4.98 Å². The van der Waals surface area contributed by atoms with Gasteiger partial charge in [0.15, 0.2) is 0 Å². The molecule has 0 bridgehead atoms.